The van der Waals surface area contributed by atoms with Crippen molar-refractivity contribution in [1.82, 2.24) is 0 Å². The Kier molecular flexibility index (Phi) is 6.66. The predicted octanol–water partition coefficient (Wildman–Crippen LogP) is 4.53. The molecule has 0 N–H and O–H groups in total. The maximum absolute atomic E-state index is 5.76. The fourth-order valence-corrected chi connectivity index (χ4v) is 1.38. The Morgan fingerprint density at radius 2 is 1.00 bits per heavy atom. The molecule has 0 bridgehead atoms. The highest BCUT2D eigenvalue weighted by molar-refractivity contribution is 6.76. The molecule has 0 aliphatic heterocycles. The lowest BCUT2D eigenvalue weighted by Gasteiger charge is -1.98. The molecule has 0 heterocycles. The number of rotatable bonds is 3. The summed E-state index contributed by atoms with van der Waals surface area (Å²) >= 11 is 17.3. The van der Waals surface area contributed by atoms with Crippen LogP contribution in [0.1, 0.15) is 20.8 Å². The molecule has 0 rings (SSSR count). The van der Waals surface area contributed by atoms with Gasteiger partial charge in [0.2, 0.25) is 6.71 Å². The molecule has 0 saturated carbocycles. The first-order chi connectivity index (χ1) is 5.91. The smallest absolute Gasteiger partial charge is 0.0920 e. The lowest BCUT2D eigenvalue weighted by molar-refractivity contribution is 1.66. The van der Waals surface area contributed by atoms with Crippen LogP contribution in [0.3, 0.4) is 0 Å². The Balaban J connectivity index is 4.68. The molecule has 0 amide bonds. The van der Waals surface area contributed by atoms with E-state index in [0.717, 1.165) is 15.1 Å². The molecule has 4 heteroatoms. The summed E-state index contributed by atoms with van der Waals surface area (Å²) in [7, 11) is 0. The van der Waals surface area contributed by atoms with Gasteiger partial charge in [-0.1, -0.05) is 52.7 Å². The van der Waals surface area contributed by atoms with Crippen molar-refractivity contribution in [1.29, 1.82) is 0 Å². The molecule has 0 aromatic rings. The van der Waals surface area contributed by atoms with Gasteiger partial charge in [0.25, 0.3) is 0 Å². The molecule has 0 fully saturated rings. The third-order valence-corrected chi connectivity index (χ3v) is 1.64. The second-order valence-corrected chi connectivity index (χ2v) is 4.63. The van der Waals surface area contributed by atoms with Crippen molar-refractivity contribution >= 4 is 41.5 Å². The van der Waals surface area contributed by atoms with Gasteiger partial charge in [-0.05, 0) is 20.8 Å². The zero-order valence-corrected chi connectivity index (χ0v) is 10.2. The molecular formula is C9H12BCl3. The minimum atomic E-state index is 0.0764. The molecule has 0 aromatic carbocycles. The first kappa shape index (κ1) is 13.2. The summed E-state index contributed by atoms with van der Waals surface area (Å²) in [6.07, 6.45) is 0. The minimum absolute atomic E-state index is 0.0764. The lowest BCUT2D eigenvalue weighted by Crippen LogP contribution is -2.03. The minimum Gasteiger partial charge on any atom is -0.0920 e. The summed E-state index contributed by atoms with van der Waals surface area (Å²) in [6.45, 7) is 5.54. The molecular weight excluding hydrogens is 225 g/mol. The summed E-state index contributed by atoms with van der Waals surface area (Å²) in [4.78, 5) is 0. The molecule has 0 aromatic heterocycles. The summed E-state index contributed by atoms with van der Waals surface area (Å²) < 4.78 is 0. The van der Waals surface area contributed by atoms with Crippen LogP contribution in [0.4, 0.5) is 0 Å². The van der Waals surface area contributed by atoms with E-state index in [4.69, 9.17) is 34.8 Å². The summed E-state index contributed by atoms with van der Waals surface area (Å²) in [6, 6.07) is 0. The average molecular weight is 237 g/mol. The monoisotopic (exact) mass is 236 g/mol. The van der Waals surface area contributed by atoms with Crippen molar-refractivity contribution in [2.75, 3.05) is 0 Å². The van der Waals surface area contributed by atoms with Gasteiger partial charge in [0, 0.05) is 15.1 Å². The van der Waals surface area contributed by atoms with Gasteiger partial charge in [0.05, 0.1) is 0 Å². The lowest BCUT2D eigenvalue weighted by atomic mass is 9.50. The maximum Gasteiger partial charge on any atom is 0.221 e. The second kappa shape index (κ2) is 6.59. The van der Waals surface area contributed by atoms with Crippen molar-refractivity contribution in [2.45, 2.75) is 20.8 Å². The second-order valence-electron chi connectivity index (χ2n) is 2.84. The van der Waals surface area contributed by atoms with Gasteiger partial charge in [-0.15, -0.1) is 0 Å². The maximum atomic E-state index is 5.76. The van der Waals surface area contributed by atoms with E-state index < -0.39 is 0 Å². The van der Waals surface area contributed by atoms with Crippen molar-refractivity contribution in [3.8, 4) is 0 Å². The Labute approximate surface area is 95.3 Å². The van der Waals surface area contributed by atoms with E-state index >= 15 is 0 Å². The van der Waals surface area contributed by atoms with Crippen LogP contribution in [0.25, 0.3) is 0 Å². The molecule has 0 nitrogen and oxygen atoms in total. The predicted molar refractivity (Wildman–Crippen MR) is 64.6 cm³/mol. The molecule has 0 aliphatic rings. The number of allylic oxidation sites excluding steroid dienone is 3. The van der Waals surface area contributed by atoms with Crippen LogP contribution in [0.5, 0.6) is 0 Å². The molecule has 0 aliphatic carbocycles. The molecule has 72 valence electrons. The third kappa shape index (κ3) is 8.48. The van der Waals surface area contributed by atoms with E-state index in [1.54, 1.807) is 0 Å². The number of hydrogen-bond donors (Lipinski definition) is 0. The fraction of sp³-hybridized carbons (Fsp3) is 0.333. The van der Waals surface area contributed by atoms with Gasteiger partial charge in [0.1, 0.15) is 0 Å². The first-order valence-electron chi connectivity index (χ1n) is 3.93. The van der Waals surface area contributed by atoms with E-state index in [1.165, 1.54) is 0 Å². The molecule has 0 saturated heterocycles. The van der Waals surface area contributed by atoms with Crippen molar-refractivity contribution in [3.05, 3.63) is 33.0 Å². The molecule has 0 radical (unpaired) electrons. The van der Waals surface area contributed by atoms with Crippen LogP contribution >= 0.6 is 34.8 Å². The molecule has 0 atom stereocenters. The highest BCUT2D eigenvalue weighted by Gasteiger charge is 2.04. The largest absolute Gasteiger partial charge is 0.221 e. The van der Waals surface area contributed by atoms with Gasteiger partial charge >= 0.3 is 0 Å². The highest BCUT2D eigenvalue weighted by atomic mass is 35.5. The van der Waals surface area contributed by atoms with Crippen molar-refractivity contribution in [3.63, 3.8) is 0 Å². The zero-order valence-electron chi connectivity index (χ0n) is 7.94. The van der Waals surface area contributed by atoms with Crippen LogP contribution in [0, 0.1) is 0 Å². The summed E-state index contributed by atoms with van der Waals surface area (Å²) in [5.74, 6) is 5.66. The molecule has 0 spiro atoms. The SMILES string of the molecule is C/C(Cl)=C\B(/C=C(\C)Cl)/C=C(\C)Cl. The van der Waals surface area contributed by atoms with Gasteiger partial charge < -0.3 is 0 Å². The highest BCUT2D eigenvalue weighted by Crippen LogP contribution is 2.09. The molecule has 13 heavy (non-hydrogen) atoms. The Morgan fingerprint density at radius 1 is 0.769 bits per heavy atom. The van der Waals surface area contributed by atoms with Gasteiger partial charge in [-0.3, -0.25) is 0 Å². The van der Waals surface area contributed by atoms with Crippen LogP contribution in [0.2, 0.25) is 0 Å². The van der Waals surface area contributed by atoms with Crippen LogP contribution < -0.4 is 0 Å². The third-order valence-electron chi connectivity index (χ3n) is 1.27. The Hall–Kier alpha value is 0.155. The summed E-state index contributed by atoms with van der Waals surface area (Å²) in [5, 5.41) is 2.19. The Bertz CT molecular complexity index is 199. The number of halogens is 3. The van der Waals surface area contributed by atoms with Crippen LogP contribution in [-0.4, -0.2) is 6.71 Å². The summed E-state index contributed by atoms with van der Waals surface area (Å²) in [5.41, 5.74) is 0. The van der Waals surface area contributed by atoms with E-state index in [9.17, 15) is 0 Å². The van der Waals surface area contributed by atoms with Crippen LogP contribution in [0.15, 0.2) is 33.0 Å². The first-order valence-corrected chi connectivity index (χ1v) is 5.07. The normalized spacial score (nSPS) is 14.8. The van der Waals surface area contributed by atoms with Gasteiger partial charge in [0.15, 0.2) is 0 Å². The van der Waals surface area contributed by atoms with E-state index in [2.05, 4.69) is 0 Å². The van der Waals surface area contributed by atoms with Gasteiger partial charge in [-0.25, -0.2) is 0 Å². The number of hydrogen-bond acceptors (Lipinski definition) is 0. The topological polar surface area (TPSA) is 0 Å². The average Bonchev–Trinajstić information content (AvgIpc) is 1.80. The molecule has 0 unspecified atom stereocenters. The standard InChI is InChI=1S/C9H12BCl3/c1-7(11)4-10(5-8(2)12)6-9(3)13/h4-6H,1-3H3/b7-4+,8-5+,9-6+. The zero-order chi connectivity index (χ0) is 10.4. The van der Waals surface area contributed by atoms with E-state index in [0.29, 0.717) is 0 Å². The van der Waals surface area contributed by atoms with Gasteiger partial charge in [-0.2, -0.15) is 0 Å². The van der Waals surface area contributed by atoms with Crippen molar-refractivity contribution in [2.24, 2.45) is 0 Å². The fourth-order valence-electron chi connectivity index (χ4n) is 0.940. The van der Waals surface area contributed by atoms with E-state index in [-0.39, 0.29) is 6.71 Å². The van der Waals surface area contributed by atoms with Crippen LogP contribution in [-0.2, 0) is 0 Å². The quantitative estimate of drug-likeness (QED) is 0.633. The Morgan fingerprint density at radius 3 is 1.15 bits per heavy atom. The van der Waals surface area contributed by atoms with Crippen molar-refractivity contribution < 1.29 is 0 Å². The van der Waals surface area contributed by atoms with E-state index in [1.807, 2.05) is 38.7 Å².